The number of hydrogen-bond acceptors (Lipinski definition) is 3. The van der Waals surface area contributed by atoms with Crippen LogP contribution in [-0.2, 0) is 6.54 Å². The maximum atomic E-state index is 8.94. The number of hydrogen-bond donors (Lipinski definition) is 0. The van der Waals surface area contributed by atoms with Crippen molar-refractivity contribution in [2.45, 2.75) is 16.3 Å². The topological polar surface area (TPSA) is 27.0 Å². The van der Waals surface area contributed by atoms with Crippen LogP contribution < -0.4 is 0 Å². The van der Waals surface area contributed by atoms with E-state index in [9.17, 15) is 0 Å². The Morgan fingerprint density at radius 3 is 2.63 bits per heavy atom. The van der Waals surface area contributed by atoms with Gasteiger partial charge in [-0.25, -0.2) is 0 Å². The first-order valence-corrected chi connectivity index (χ1v) is 6.91. The molecule has 0 N–H and O–H groups in total. The lowest BCUT2D eigenvalue weighted by Crippen LogP contribution is -2.11. The summed E-state index contributed by atoms with van der Waals surface area (Å²) in [5.41, 5.74) is 2.01. The molecule has 0 spiro atoms. The van der Waals surface area contributed by atoms with Gasteiger partial charge in [0.2, 0.25) is 0 Å². The highest BCUT2D eigenvalue weighted by molar-refractivity contribution is 7.99. The van der Waals surface area contributed by atoms with Gasteiger partial charge in [-0.05, 0) is 43.9 Å². The van der Waals surface area contributed by atoms with Crippen LogP contribution in [0.1, 0.15) is 11.1 Å². The van der Waals surface area contributed by atoms with Crippen molar-refractivity contribution in [3.8, 4) is 6.07 Å². The lowest BCUT2D eigenvalue weighted by atomic mass is 10.2. The summed E-state index contributed by atoms with van der Waals surface area (Å²) in [7, 11) is 4.13. The first-order valence-electron chi connectivity index (χ1n) is 6.09. The van der Waals surface area contributed by atoms with Crippen molar-refractivity contribution in [2.75, 3.05) is 14.1 Å². The van der Waals surface area contributed by atoms with Crippen LogP contribution in [0.3, 0.4) is 0 Å². The second-order valence-electron chi connectivity index (χ2n) is 4.59. The smallest absolute Gasteiger partial charge is 0.0992 e. The Labute approximate surface area is 118 Å². The van der Waals surface area contributed by atoms with E-state index >= 15 is 0 Å². The molecule has 2 aromatic rings. The lowest BCUT2D eigenvalue weighted by molar-refractivity contribution is 0.399. The minimum Gasteiger partial charge on any atom is -0.305 e. The minimum atomic E-state index is 0.704. The van der Waals surface area contributed by atoms with Crippen LogP contribution >= 0.6 is 11.8 Å². The second-order valence-corrected chi connectivity index (χ2v) is 5.70. The Morgan fingerprint density at radius 2 is 1.89 bits per heavy atom. The summed E-state index contributed by atoms with van der Waals surface area (Å²) < 4.78 is 0. The van der Waals surface area contributed by atoms with Gasteiger partial charge in [-0.3, -0.25) is 0 Å². The van der Waals surface area contributed by atoms with Crippen molar-refractivity contribution in [3.63, 3.8) is 0 Å². The van der Waals surface area contributed by atoms with Crippen LogP contribution in [0, 0.1) is 11.3 Å². The molecule has 2 rings (SSSR count). The first-order chi connectivity index (χ1) is 9.19. The molecular formula is C16H16N2S. The van der Waals surface area contributed by atoms with Gasteiger partial charge >= 0.3 is 0 Å². The molecule has 0 fully saturated rings. The van der Waals surface area contributed by atoms with Crippen LogP contribution in [-0.4, -0.2) is 19.0 Å². The number of benzene rings is 2. The fourth-order valence-corrected chi connectivity index (χ4v) is 2.83. The van der Waals surface area contributed by atoms with Crippen LogP contribution in [0.2, 0.25) is 0 Å². The predicted octanol–water partition coefficient (Wildman–Crippen LogP) is 3.77. The third-order valence-electron chi connectivity index (χ3n) is 2.65. The highest BCUT2D eigenvalue weighted by Crippen LogP contribution is 2.31. The summed E-state index contributed by atoms with van der Waals surface area (Å²) in [6.45, 7) is 0.918. The minimum absolute atomic E-state index is 0.704. The third-order valence-corrected chi connectivity index (χ3v) is 3.76. The van der Waals surface area contributed by atoms with Gasteiger partial charge in [0.1, 0.15) is 0 Å². The number of rotatable bonds is 4. The molecule has 2 aromatic carbocycles. The number of nitrogens with zero attached hydrogens (tertiary/aromatic N) is 2. The molecule has 0 aliphatic rings. The fraction of sp³-hybridized carbons (Fsp3) is 0.188. The average Bonchev–Trinajstić information content (AvgIpc) is 2.41. The van der Waals surface area contributed by atoms with E-state index < -0.39 is 0 Å². The van der Waals surface area contributed by atoms with Crippen molar-refractivity contribution in [3.05, 3.63) is 59.7 Å². The Bertz CT molecular complexity index is 600. The Morgan fingerprint density at radius 1 is 1.11 bits per heavy atom. The largest absolute Gasteiger partial charge is 0.305 e. The second kappa shape index (κ2) is 6.42. The van der Waals surface area contributed by atoms with Crippen molar-refractivity contribution >= 4 is 11.8 Å². The van der Waals surface area contributed by atoms with Gasteiger partial charge in [-0.1, -0.05) is 36.0 Å². The van der Waals surface area contributed by atoms with E-state index in [2.05, 4.69) is 49.3 Å². The van der Waals surface area contributed by atoms with Crippen LogP contribution in [0.15, 0.2) is 58.3 Å². The molecule has 19 heavy (non-hydrogen) atoms. The van der Waals surface area contributed by atoms with Crippen LogP contribution in [0.5, 0.6) is 0 Å². The van der Waals surface area contributed by atoms with Crippen LogP contribution in [0.4, 0.5) is 0 Å². The van der Waals surface area contributed by atoms with Gasteiger partial charge in [-0.2, -0.15) is 5.26 Å². The predicted molar refractivity (Wildman–Crippen MR) is 79.1 cm³/mol. The molecule has 0 aliphatic heterocycles. The van der Waals surface area contributed by atoms with Crippen molar-refractivity contribution in [1.29, 1.82) is 5.26 Å². The summed E-state index contributed by atoms with van der Waals surface area (Å²) in [6, 6.07) is 18.3. The fourth-order valence-electron chi connectivity index (χ4n) is 1.83. The average molecular weight is 268 g/mol. The normalized spacial score (nSPS) is 10.4. The molecule has 0 aromatic heterocycles. The van der Waals surface area contributed by atoms with Crippen molar-refractivity contribution in [1.82, 2.24) is 4.90 Å². The molecule has 2 nitrogen and oxygen atoms in total. The van der Waals surface area contributed by atoms with Gasteiger partial charge in [0, 0.05) is 16.3 Å². The highest BCUT2D eigenvalue weighted by Gasteiger charge is 2.05. The lowest BCUT2D eigenvalue weighted by Gasteiger charge is -2.13. The molecular weight excluding hydrogens is 252 g/mol. The van der Waals surface area contributed by atoms with E-state index in [1.807, 2.05) is 24.3 Å². The van der Waals surface area contributed by atoms with Gasteiger partial charge in [0.15, 0.2) is 0 Å². The van der Waals surface area contributed by atoms with E-state index in [1.165, 1.54) is 10.5 Å². The van der Waals surface area contributed by atoms with E-state index in [4.69, 9.17) is 5.26 Å². The van der Waals surface area contributed by atoms with E-state index in [0.717, 1.165) is 11.4 Å². The Balaban J connectivity index is 2.25. The summed E-state index contributed by atoms with van der Waals surface area (Å²) >= 11 is 1.71. The maximum absolute atomic E-state index is 8.94. The zero-order chi connectivity index (χ0) is 13.7. The maximum Gasteiger partial charge on any atom is 0.0992 e. The highest BCUT2D eigenvalue weighted by atomic mass is 32.2. The molecule has 96 valence electrons. The molecule has 0 unspecified atom stereocenters. The molecule has 0 heterocycles. The molecule has 0 aliphatic carbocycles. The molecule has 0 bridgehead atoms. The molecule has 0 atom stereocenters. The van der Waals surface area contributed by atoms with Gasteiger partial charge in [-0.15, -0.1) is 0 Å². The summed E-state index contributed by atoms with van der Waals surface area (Å²) in [5, 5.41) is 8.94. The van der Waals surface area contributed by atoms with Gasteiger partial charge in [0.05, 0.1) is 11.6 Å². The SMILES string of the molecule is CN(C)Cc1ccccc1Sc1cccc(C#N)c1. The zero-order valence-corrected chi connectivity index (χ0v) is 11.9. The number of nitriles is 1. The molecule has 0 saturated heterocycles. The van der Waals surface area contributed by atoms with E-state index in [-0.39, 0.29) is 0 Å². The Kier molecular flexibility index (Phi) is 4.62. The standard InChI is InChI=1S/C16H16N2S/c1-18(2)12-14-7-3-4-9-16(14)19-15-8-5-6-13(10-15)11-17/h3-10H,12H2,1-2H3. The van der Waals surface area contributed by atoms with Crippen molar-refractivity contribution in [2.24, 2.45) is 0 Å². The van der Waals surface area contributed by atoms with Gasteiger partial charge < -0.3 is 4.90 Å². The summed E-state index contributed by atoms with van der Waals surface area (Å²) in [5.74, 6) is 0. The molecule has 3 heteroatoms. The monoisotopic (exact) mass is 268 g/mol. The molecule has 0 amide bonds. The summed E-state index contributed by atoms with van der Waals surface area (Å²) in [4.78, 5) is 4.50. The molecule has 0 saturated carbocycles. The zero-order valence-electron chi connectivity index (χ0n) is 11.1. The van der Waals surface area contributed by atoms with E-state index in [1.54, 1.807) is 11.8 Å². The van der Waals surface area contributed by atoms with Crippen molar-refractivity contribution < 1.29 is 0 Å². The third kappa shape index (κ3) is 3.85. The quantitative estimate of drug-likeness (QED) is 0.844. The first kappa shape index (κ1) is 13.7. The van der Waals surface area contributed by atoms with Gasteiger partial charge in [0.25, 0.3) is 0 Å². The van der Waals surface area contributed by atoms with Crippen LogP contribution in [0.25, 0.3) is 0 Å². The Hall–Kier alpha value is -1.76. The molecule has 0 radical (unpaired) electrons. The van der Waals surface area contributed by atoms with E-state index in [0.29, 0.717) is 5.56 Å². The summed E-state index contributed by atoms with van der Waals surface area (Å²) in [6.07, 6.45) is 0.